The molecule has 1 N–H and O–H groups in total. The number of nitrogens with one attached hydrogen (secondary N) is 1. The van der Waals surface area contributed by atoms with Crippen molar-refractivity contribution in [2.24, 2.45) is 0 Å². The summed E-state index contributed by atoms with van der Waals surface area (Å²) in [6.45, 7) is 0.548. The molecule has 3 rings (SSSR count). The lowest BCUT2D eigenvalue weighted by Gasteiger charge is -2.23. The fraction of sp³-hybridized carbons (Fsp3) is 0.211. The van der Waals surface area contributed by atoms with Crippen LogP contribution in [0.25, 0.3) is 10.4 Å². The minimum absolute atomic E-state index is 0.0829. The molecule has 0 radical (unpaired) electrons. The Morgan fingerprint density at radius 3 is 2.56 bits per heavy atom. The quantitative estimate of drug-likeness (QED) is 0.681. The van der Waals surface area contributed by atoms with Crippen LogP contribution in [0.2, 0.25) is 0 Å². The van der Waals surface area contributed by atoms with Crippen molar-refractivity contribution in [1.82, 2.24) is 10.2 Å². The van der Waals surface area contributed by atoms with Crippen LogP contribution in [0.15, 0.2) is 53.2 Å². The second-order valence-corrected chi connectivity index (χ2v) is 7.78. The molecule has 0 saturated heterocycles. The van der Waals surface area contributed by atoms with Crippen molar-refractivity contribution in [1.29, 1.82) is 0 Å². The van der Waals surface area contributed by atoms with Crippen LogP contribution in [-0.4, -0.2) is 31.4 Å². The van der Waals surface area contributed by atoms with Gasteiger partial charge < -0.3 is 10.2 Å². The number of carbonyl (C=O) groups excluding carboxylic acids is 1. The van der Waals surface area contributed by atoms with E-state index in [2.05, 4.69) is 21.7 Å². The minimum Gasteiger partial charge on any atom is -0.349 e. The zero-order chi connectivity index (χ0) is 17.8. The molecule has 0 aliphatic heterocycles. The highest BCUT2D eigenvalue weighted by Crippen LogP contribution is 2.28. The van der Waals surface area contributed by atoms with Crippen LogP contribution < -0.4 is 5.32 Å². The first-order valence-corrected chi connectivity index (χ1v) is 9.63. The van der Waals surface area contributed by atoms with Crippen LogP contribution in [0.3, 0.4) is 0 Å². The summed E-state index contributed by atoms with van der Waals surface area (Å²) in [5.41, 5.74) is 2.11. The van der Waals surface area contributed by atoms with E-state index < -0.39 is 0 Å². The van der Waals surface area contributed by atoms with Gasteiger partial charge >= 0.3 is 0 Å². The first-order valence-electron chi connectivity index (χ1n) is 7.87. The molecule has 0 aliphatic rings. The molecule has 1 unspecified atom stereocenters. The number of benzene rings is 1. The molecular formula is C19H19FN2OS2. The molecule has 130 valence electrons. The van der Waals surface area contributed by atoms with E-state index in [0.717, 1.165) is 10.4 Å². The topological polar surface area (TPSA) is 32.3 Å². The van der Waals surface area contributed by atoms with Crippen molar-refractivity contribution in [2.75, 3.05) is 20.6 Å². The van der Waals surface area contributed by atoms with Gasteiger partial charge in [0.1, 0.15) is 5.82 Å². The Labute approximate surface area is 154 Å². The third-order valence-electron chi connectivity index (χ3n) is 3.97. The van der Waals surface area contributed by atoms with Crippen molar-refractivity contribution in [3.8, 4) is 10.4 Å². The first-order chi connectivity index (χ1) is 12.0. The van der Waals surface area contributed by atoms with Gasteiger partial charge in [0.25, 0.3) is 5.91 Å². The number of thiophene rings is 2. The van der Waals surface area contributed by atoms with E-state index in [9.17, 15) is 9.18 Å². The molecule has 0 aliphatic carbocycles. The molecule has 0 bridgehead atoms. The van der Waals surface area contributed by atoms with Gasteiger partial charge in [-0.1, -0.05) is 12.1 Å². The van der Waals surface area contributed by atoms with Gasteiger partial charge in [0.2, 0.25) is 0 Å². The van der Waals surface area contributed by atoms with Crippen molar-refractivity contribution in [2.45, 2.75) is 6.04 Å². The number of amides is 1. The highest BCUT2D eigenvalue weighted by molar-refractivity contribution is 7.17. The predicted octanol–water partition coefficient (Wildman–Crippen LogP) is 4.65. The van der Waals surface area contributed by atoms with E-state index in [0.29, 0.717) is 11.4 Å². The van der Waals surface area contributed by atoms with Gasteiger partial charge in [-0.2, -0.15) is 11.3 Å². The normalized spacial score (nSPS) is 12.3. The summed E-state index contributed by atoms with van der Waals surface area (Å²) in [6, 6.07) is 12.2. The van der Waals surface area contributed by atoms with Gasteiger partial charge in [0.05, 0.1) is 10.9 Å². The van der Waals surface area contributed by atoms with E-state index in [1.54, 1.807) is 23.5 Å². The largest absolute Gasteiger partial charge is 0.349 e. The van der Waals surface area contributed by atoms with Crippen LogP contribution in [0.4, 0.5) is 4.39 Å². The third kappa shape index (κ3) is 4.34. The molecule has 1 aromatic carbocycles. The molecule has 0 saturated carbocycles. The number of rotatable bonds is 6. The van der Waals surface area contributed by atoms with Crippen molar-refractivity contribution < 1.29 is 9.18 Å². The average molecular weight is 375 g/mol. The molecule has 2 aromatic heterocycles. The Bertz CT molecular complexity index is 825. The molecule has 1 atom stereocenters. The lowest BCUT2D eigenvalue weighted by Crippen LogP contribution is -2.34. The SMILES string of the molecule is CN(C)C(CNC(=O)c1ccc(-c2ccc(F)cc2)s1)c1ccsc1. The van der Waals surface area contributed by atoms with E-state index in [1.165, 1.54) is 29.0 Å². The number of likely N-dealkylation sites (N-methyl/N-ethyl adjacent to an activating group) is 1. The van der Waals surface area contributed by atoms with E-state index in [-0.39, 0.29) is 17.8 Å². The van der Waals surface area contributed by atoms with Crippen LogP contribution in [0.5, 0.6) is 0 Å². The summed E-state index contributed by atoms with van der Waals surface area (Å²) >= 11 is 3.07. The second-order valence-electron chi connectivity index (χ2n) is 5.92. The van der Waals surface area contributed by atoms with Crippen molar-refractivity contribution in [3.05, 3.63) is 69.5 Å². The summed E-state index contributed by atoms with van der Waals surface area (Å²) in [7, 11) is 4.01. The fourth-order valence-electron chi connectivity index (χ4n) is 2.57. The Balaban J connectivity index is 1.66. The van der Waals surface area contributed by atoms with Gasteiger partial charge in [0.15, 0.2) is 0 Å². The minimum atomic E-state index is -0.263. The summed E-state index contributed by atoms with van der Waals surface area (Å²) in [6.07, 6.45) is 0. The van der Waals surface area contributed by atoms with Gasteiger partial charge in [0, 0.05) is 11.4 Å². The number of hydrogen-bond acceptors (Lipinski definition) is 4. The smallest absolute Gasteiger partial charge is 0.261 e. The maximum Gasteiger partial charge on any atom is 0.261 e. The fourth-order valence-corrected chi connectivity index (χ4v) is 4.20. The molecule has 0 spiro atoms. The van der Waals surface area contributed by atoms with Crippen LogP contribution in [0, 0.1) is 5.82 Å². The predicted molar refractivity (Wildman–Crippen MR) is 103 cm³/mol. The summed E-state index contributed by atoms with van der Waals surface area (Å²) < 4.78 is 13.0. The van der Waals surface area contributed by atoms with Gasteiger partial charge in [-0.05, 0) is 66.3 Å². The van der Waals surface area contributed by atoms with Crippen LogP contribution in [-0.2, 0) is 0 Å². The Morgan fingerprint density at radius 1 is 1.16 bits per heavy atom. The number of nitrogens with zero attached hydrogens (tertiary/aromatic N) is 1. The molecule has 6 heteroatoms. The number of halogens is 1. The Morgan fingerprint density at radius 2 is 1.92 bits per heavy atom. The second kappa shape index (κ2) is 7.91. The van der Waals surface area contributed by atoms with E-state index in [4.69, 9.17) is 0 Å². The zero-order valence-corrected chi connectivity index (χ0v) is 15.7. The molecular weight excluding hydrogens is 355 g/mol. The Kier molecular flexibility index (Phi) is 5.63. The molecule has 0 fully saturated rings. The van der Waals surface area contributed by atoms with Crippen LogP contribution in [0.1, 0.15) is 21.3 Å². The van der Waals surface area contributed by atoms with Crippen molar-refractivity contribution >= 4 is 28.6 Å². The number of hydrogen-bond donors (Lipinski definition) is 1. The molecule has 25 heavy (non-hydrogen) atoms. The highest BCUT2D eigenvalue weighted by Gasteiger charge is 2.17. The average Bonchev–Trinajstić information content (AvgIpc) is 3.27. The monoisotopic (exact) mass is 374 g/mol. The van der Waals surface area contributed by atoms with Gasteiger partial charge in [-0.15, -0.1) is 11.3 Å². The van der Waals surface area contributed by atoms with Crippen LogP contribution >= 0.6 is 22.7 Å². The first kappa shape index (κ1) is 17.8. The van der Waals surface area contributed by atoms with Crippen molar-refractivity contribution in [3.63, 3.8) is 0 Å². The third-order valence-corrected chi connectivity index (χ3v) is 5.80. The van der Waals surface area contributed by atoms with Gasteiger partial charge in [-0.25, -0.2) is 4.39 Å². The van der Waals surface area contributed by atoms with Gasteiger partial charge in [-0.3, -0.25) is 4.79 Å². The summed E-state index contributed by atoms with van der Waals surface area (Å²) in [5, 5.41) is 7.17. The van der Waals surface area contributed by atoms with E-state index >= 15 is 0 Å². The maximum atomic E-state index is 13.0. The standard InChI is InChI=1S/C19H19FN2OS2/c1-22(2)16(14-9-10-24-12-14)11-21-19(23)18-8-7-17(25-18)13-3-5-15(20)6-4-13/h3-10,12,16H,11H2,1-2H3,(H,21,23). The van der Waals surface area contributed by atoms with E-state index in [1.807, 2.05) is 31.6 Å². The lowest BCUT2D eigenvalue weighted by atomic mass is 10.1. The summed E-state index contributed by atoms with van der Waals surface area (Å²) in [5.74, 6) is -0.345. The molecule has 2 heterocycles. The maximum absolute atomic E-state index is 13.0. The summed E-state index contributed by atoms with van der Waals surface area (Å²) in [4.78, 5) is 16.2. The lowest BCUT2D eigenvalue weighted by molar-refractivity contribution is 0.0946. The molecule has 1 amide bonds. The highest BCUT2D eigenvalue weighted by atomic mass is 32.1. The molecule has 3 nitrogen and oxygen atoms in total. The number of carbonyl (C=O) groups is 1. The Hall–Kier alpha value is -2.02. The molecule has 3 aromatic rings. The zero-order valence-electron chi connectivity index (χ0n) is 14.0.